The van der Waals surface area contributed by atoms with E-state index in [1.807, 2.05) is 48.5 Å². The lowest BCUT2D eigenvalue weighted by atomic mass is 9.96. The average Bonchev–Trinajstić information content (AvgIpc) is 3.14. The maximum Gasteiger partial charge on any atom is 0.289 e. The Balaban J connectivity index is 1.64. The van der Waals surface area contributed by atoms with Gasteiger partial charge in [-0.25, -0.2) is 0 Å². The molecular formula is C20H20N2O2. The Hall–Kier alpha value is -2.88. The van der Waals surface area contributed by atoms with E-state index in [1.54, 1.807) is 6.07 Å². The van der Waals surface area contributed by atoms with Crippen LogP contribution in [0, 0.1) is 0 Å². The molecule has 1 aromatic heterocycles. The molecule has 3 rings (SSSR count). The first-order valence-corrected chi connectivity index (χ1v) is 8.13. The molecule has 0 aliphatic heterocycles. The Kier molecular flexibility index (Phi) is 5.06. The zero-order valence-corrected chi connectivity index (χ0v) is 13.6. The van der Waals surface area contributed by atoms with Gasteiger partial charge >= 0.3 is 0 Å². The molecule has 0 saturated carbocycles. The summed E-state index contributed by atoms with van der Waals surface area (Å²) < 4.78 is 5.19. The number of carbonyl (C=O) groups is 1. The van der Waals surface area contributed by atoms with Crippen molar-refractivity contribution in [3.8, 4) is 11.3 Å². The van der Waals surface area contributed by atoms with E-state index in [0.29, 0.717) is 12.2 Å². The van der Waals surface area contributed by atoms with Gasteiger partial charge in [0.1, 0.15) is 5.69 Å². The lowest BCUT2D eigenvalue weighted by molar-refractivity contribution is 0.0914. The summed E-state index contributed by atoms with van der Waals surface area (Å²) in [4.78, 5) is 12.3. The third kappa shape index (κ3) is 3.71. The highest BCUT2D eigenvalue weighted by atomic mass is 16.5. The van der Waals surface area contributed by atoms with Gasteiger partial charge in [-0.2, -0.15) is 0 Å². The second-order valence-corrected chi connectivity index (χ2v) is 5.67. The number of carbonyl (C=O) groups excluding carboxylic acids is 1. The fraction of sp³-hybridized carbons (Fsp3) is 0.200. The van der Waals surface area contributed by atoms with Gasteiger partial charge in [0.05, 0.1) is 0 Å². The van der Waals surface area contributed by atoms with Gasteiger partial charge in [0.15, 0.2) is 0 Å². The molecule has 24 heavy (non-hydrogen) atoms. The number of rotatable bonds is 6. The summed E-state index contributed by atoms with van der Waals surface area (Å²) in [7, 11) is 0. The van der Waals surface area contributed by atoms with Gasteiger partial charge in [-0.05, 0) is 12.0 Å². The van der Waals surface area contributed by atoms with Crippen LogP contribution in [0.2, 0.25) is 0 Å². The summed E-state index contributed by atoms with van der Waals surface area (Å²) in [5.41, 5.74) is 2.81. The third-order valence-corrected chi connectivity index (χ3v) is 4.08. The molecule has 3 aromatic rings. The topological polar surface area (TPSA) is 55.1 Å². The molecule has 4 heteroatoms. The molecule has 122 valence electrons. The van der Waals surface area contributed by atoms with Gasteiger partial charge in [0, 0.05) is 24.1 Å². The van der Waals surface area contributed by atoms with Crippen molar-refractivity contribution in [3.05, 3.63) is 78.1 Å². The molecule has 0 bridgehead atoms. The van der Waals surface area contributed by atoms with Gasteiger partial charge in [-0.1, -0.05) is 72.7 Å². The van der Waals surface area contributed by atoms with Crippen molar-refractivity contribution in [3.63, 3.8) is 0 Å². The monoisotopic (exact) mass is 320 g/mol. The largest absolute Gasteiger partial charge is 0.350 e. The predicted octanol–water partition coefficient (Wildman–Crippen LogP) is 4.27. The number of hydrogen-bond acceptors (Lipinski definition) is 3. The molecule has 2 aromatic carbocycles. The Labute approximate surface area is 141 Å². The van der Waals surface area contributed by atoms with Gasteiger partial charge in [-0.3, -0.25) is 4.79 Å². The van der Waals surface area contributed by atoms with E-state index < -0.39 is 0 Å². The molecule has 0 spiro atoms. The lowest BCUT2D eigenvalue weighted by Gasteiger charge is -2.15. The highest BCUT2D eigenvalue weighted by Gasteiger charge is 2.16. The maximum atomic E-state index is 12.3. The van der Waals surface area contributed by atoms with Crippen LogP contribution in [0.3, 0.4) is 0 Å². The highest BCUT2D eigenvalue weighted by molar-refractivity contribution is 5.92. The SMILES string of the molecule is CCC(CNC(=O)c1cc(-c2ccccc2)no1)c1ccccc1. The fourth-order valence-electron chi connectivity index (χ4n) is 2.65. The fourth-order valence-corrected chi connectivity index (χ4v) is 2.65. The van der Waals surface area contributed by atoms with Gasteiger partial charge < -0.3 is 9.84 Å². The average molecular weight is 320 g/mol. The zero-order valence-electron chi connectivity index (χ0n) is 13.6. The van der Waals surface area contributed by atoms with Gasteiger partial charge in [-0.15, -0.1) is 0 Å². The summed E-state index contributed by atoms with van der Waals surface area (Å²) in [6.45, 7) is 2.69. The number of benzene rings is 2. The molecule has 0 aliphatic rings. The lowest BCUT2D eigenvalue weighted by Crippen LogP contribution is -2.28. The van der Waals surface area contributed by atoms with E-state index in [2.05, 4.69) is 29.5 Å². The number of hydrogen-bond donors (Lipinski definition) is 1. The first kappa shape index (κ1) is 16.0. The van der Waals surface area contributed by atoms with E-state index in [4.69, 9.17) is 4.52 Å². The van der Waals surface area contributed by atoms with E-state index in [9.17, 15) is 4.79 Å². The number of nitrogens with one attached hydrogen (secondary N) is 1. The molecular weight excluding hydrogens is 300 g/mol. The number of aromatic nitrogens is 1. The van der Waals surface area contributed by atoms with Crippen molar-refractivity contribution in [2.24, 2.45) is 0 Å². The van der Waals surface area contributed by atoms with Crippen molar-refractivity contribution in [2.45, 2.75) is 19.3 Å². The summed E-state index contributed by atoms with van der Waals surface area (Å²) >= 11 is 0. The van der Waals surface area contributed by atoms with Crippen LogP contribution in [-0.2, 0) is 0 Å². The zero-order chi connectivity index (χ0) is 16.8. The molecule has 1 atom stereocenters. The second-order valence-electron chi connectivity index (χ2n) is 5.67. The molecule has 1 N–H and O–H groups in total. The highest BCUT2D eigenvalue weighted by Crippen LogP contribution is 2.20. The maximum absolute atomic E-state index is 12.3. The Morgan fingerprint density at radius 2 is 1.75 bits per heavy atom. The molecule has 0 radical (unpaired) electrons. The minimum atomic E-state index is -0.237. The van der Waals surface area contributed by atoms with Crippen LogP contribution in [0.25, 0.3) is 11.3 Å². The molecule has 1 heterocycles. The second kappa shape index (κ2) is 7.59. The Morgan fingerprint density at radius 1 is 1.08 bits per heavy atom. The molecule has 0 saturated heterocycles. The first-order valence-electron chi connectivity index (χ1n) is 8.13. The minimum absolute atomic E-state index is 0.233. The van der Waals surface area contributed by atoms with Crippen LogP contribution < -0.4 is 5.32 Å². The van der Waals surface area contributed by atoms with E-state index >= 15 is 0 Å². The first-order chi connectivity index (χ1) is 11.8. The van der Waals surface area contributed by atoms with Crippen LogP contribution in [0.4, 0.5) is 0 Å². The molecule has 0 aliphatic carbocycles. The van der Waals surface area contributed by atoms with Crippen LogP contribution in [0.5, 0.6) is 0 Å². The van der Waals surface area contributed by atoms with Crippen LogP contribution >= 0.6 is 0 Å². The van der Waals surface area contributed by atoms with Crippen LogP contribution in [-0.4, -0.2) is 17.6 Å². The van der Waals surface area contributed by atoms with Crippen molar-refractivity contribution in [2.75, 3.05) is 6.54 Å². The van der Waals surface area contributed by atoms with Crippen molar-refractivity contribution >= 4 is 5.91 Å². The van der Waals surface area contributed by atoms with Crippen molar-refractivity contribution in [1.82, 2.24) is 10.5 Å². The summed E-state index contributed by atoms with van der Waals surface area (Å²) in [6.07, 6.45) is 0.954. The van der Waals surface area contributed by atoms with Crippen LogP contribution in [0.15, 0.2) is 71.3 Å². The Morgan fingerprint density at radius 3 is 2.42 bits per heavy atom. The molecule has 4 nitrogen and oxygen atoms in total. The smallest absolute Gasteiger partial charge is 0.289 e. The quantitative estimate of drug-likeness (QED) is 0.738. The number of amides is 1. The molecule has 1 amide bonds. The van der Waals surface area contributed by atoms with E-state index in [0.717, 1.165) is 12.0 Å². The Bertz CT molecular complexity index is 782. The van der Waals surface area contributed by atoms with Gasteiger partial charge in [0.25, 0.3) is 5.91 Å². The van der Waals surface area contributed by atoms with Crippen LogP contribution in [0.1, 0.15) is 35.4 Å². The summed E-state index contributed by atoms with van der Waals surface area (Å²) in [6, 6.07) is 21.5. The molecule has 0 fully saturated rings. The molecule has 1 unspecified atom stereocenters. The van der Waals surface area contributed by atoms with E-state index in [1.165, 1.54) is 5.56 Å². The summed E-state index contributed by atoms with van der Waals surface area (Å²) in [5, 5.41) is 6.92. The number of nitrogens with zero attached hydrogens (tertiary/aromatic N) is 1. The van der Waals surface area contributed by atoms with Crippen molar-refractivity contribution < 1.29 is 9.32 Å². The van der Waals surface area contributed by atoms with Crippen molar-refractivity contribution in [1.29, 1.82) is 0 Å². The summed E-state index contributed by atoms with van der Waals surface area (Å²) in [5.74, 6) is 0.280. The van der Waals surface area contributed by atoms with E-state index in [-0.39, 0.29) is 17.6 Å². The predicted molar refractivity (Wildman–Crippen MR) is 93.7 cm³/mol. The minimum Gasteiger partial charge on any atom is -0.350 e. The standard InChI is InChI=1S/C20H20N2O2/c1-2-15(16-9-5-3-6-10-16)14-21-20(23)19-13-18(22-24-19)17-11-7-4-8-12-17/h3-13,15H,2,14H2,1H3,(H,21,23). The third-order valence-electron chi connectivity index (χ3n) is 4.08. The van der Waals surface area contributed by atoms with Gasteiger partial charge in [0.2, 0.25) is 5.76 Å². The normalized spacial score (nSPS) is 11.9.